The lowest BCUT2D eigenvalue weighted by molar-refractivity contribution is -0.138. The number of β-lactam (4-membered cyclic amide) rings is 1. The molecule has 2 aliphatic heterocycles. The van der Waals surface area contributed by atoms with Crippen molar-refractivity contribution in [2.24, 2.45) is 0 Å². The van der Waals surface area contributed by atoms with Gasteiger partial charge in [0.1, 0.15) is 4.91 Å². The molecule has 0 aliphatic carbocycles. The van der Waals surface area contributed by atoms with E-state index in [-0.39, 0.29) is 29.2 Å². The van der Waals surface area contributed by atoms with E-state index in [2.05, 4.69) is 0 Å². The van der Waals surface area contributed by atoms with Gasteiger partial charge in [-0.15, -0.1) is 0 Å². The number of fused-ring (bicyclic) bond motifs is 1. The molecule has 1 amide bonds. The van der Waals surface area contributed by atoms with E-state index in [9.17, 15) is 9.59 Å². The number of hydrogen-bond acceptors (Lipinski definition) is 4. The number of carboxylic acid groups (broad SMARTS) is 1. The average molecular weight is 215 g/mol. The highest BCUT2D eigenvalue weighted by Crippen LogP contribution is 2.46. The number of thioether (sulfide) groups is 1. The summed E-state index contributed by atoms with van der Waals surface area (Å²) in [4.78, 5) is 23.7. The van der Waals surface area contributed by atoms with Crippen molar-refractivity contribution in [1.29, 1.82) is 0 Å². The van der Waals surface area contributed by atoms with Gasteiger partial charge in [0.15, 0.2) is 0 Å². The van der Waals surface area contributed by atoms with Crippen molar-refractivity contribution < 1.29 is 19.8 Å². The van der Waals surface area contributed by atoms with E-state index in [1.54, 1.807) is 0 Å². The number of aliphatic hydroxyl groups is 1. The maximum absolute atomic E-state index is 11.2. The summed E-state index contributed by atoms with van der Waals surface area (Å²) < 4.78 is 0. The molecular weight excluding hydrogens is 206 g/mol. The largest absolute Gasteiger partial charge is 0.477 e. The van der Waals surface area contributed by atoms with E-state index in [0.717, 1.165) is 0 Å². The highest BCUT2D eigenvalue weighted by molar-refractivity contribution is 8.04. The monoisotopic (exact) mass is 215 g/mol. The van der Waals surface area contributed by atoms with Gasteiger partial charge >= 0.3 is 5.97 Å². The summed E-state index contributed by atoms with van der Waals surface area (Å²) in [6.45, 7) is -0.136. The highest BCUT2D eigenvalue weighted by atomic mass is 32.2. The summed E-state index contributed by atoms with van der Waals surface area (Å²) >= 11 is 1.19. The molecule has 1 atom stereocenters. The van der Waals surface area contributed by atoms with E-state index >= 15 is 0 Å². The predicted molar refractivity (Wildman–Crippen MR) is 49.2 cm³/mol. The molecule has 1 saturated heterocycles. The van der Waals surface area contributed by atoms with Crippen LogP contribution in [0.15, 0.2) is 10.6 Å². The first-order valence-corrected chi connectivity index (χ1v) is 5.09. The Labute approximate surface area is 84.4 Å². The van der Waals surface area contributed by atoms with Crippen LogP contribution in [0.3, 0.4) is 0 Å². The standard InChI is InChI=1S/C8H9NO4S/c10-2-1-4-7(8(12)13)14-6-3-5(11)9(4)6/h6,10H,1-3H2,(H,12,13)/t6-/m1/s1. The summed E-state index contributed by atoms with van der Waals surface area (Å²) in [5, 5.41) is 17.6. The van der Waals surface area contributed by atoms with Crippen molar-refractivity contribution in [3.8, 4) is 0 Å². The Morgan fingerprint density at radius 2 is 2.36 bits per heavy atom. The van der Waals surface area contributed by atoms with Crippen LogP contribution in [0, 0.1) is 0 Å². The fourth-order valence-corrected chi connectivity index (χ4v) is 2.92. The molecule has 0 aromatic heterocycles. The third kappa shape index (κ3) is 1.22. The molecule has 2 N–H and O–H groups in total. The number of aliphatic carboxylic acids is 1. The second-order valence-electron chi connectivity index (χ2n) is 3.09. The Balaban J connectivity index is 2.28. The maximum Gasteiger partial charge on any atom is 0.344 e. The minimum atomic E-state index is -1.01. The second kappa shape index (κ2) is 3.29. The van der Waals surface area contributed by atoms with Crippen molar-refractivity contribution >= 4 is 23.6 Å². The molecule has 0 spiro atoms. The lowest BCUT2D eigenvalue weighted by atomic mass is 10.1. The van der Waals surface area contributed by atoms with Gasteiger partial charge in [-0.2, -0.15) is 0 Å². The molecular formula is C8H9NO4S. The average Bonchev–Trinajstić information content (AvgIpc) is 2.38. The molecule has 2 aliphatic rings. The van der Waals surface area contributed by atoms with Crippen LogP contribution in [0.2, 0.25) is 0 Å². The molecule has 5 nitrogen and oxygen atoms in total. The molecule has 0 radical (unpaired) electrons. The van der Waals surface area contributed by atoms with Gasteiger partial charge in [0, 0.05) is 18.7 Å². The molecule has 2 rings (SSSR count). The van der Waals surface area contributed by atoms with Crippen molar-refractivity contribution in [3.05, 3.63) is 10.6 Å². The van der Waals surface area contributed by atoms with E-state index < -0.39 is 5.97 Å². The number of amides is 1. The number of carbonyl (C=O) groups excluding carboxylic acids is 1. The van der Waals surface area contributed by atoms with Crippen LogP contribution >= 0.6 is 11.8 Å². The van der Waals surface area contributed by atoms with Gasteiger partial charge in [-0.25, -0.2) is 4.79 Å². The van der Waals surface area contributed by atoms with Crippen molar-refractivity contribution in [3.63, 3.8) is 0 Å². The van der Waals surface area contributed by atoms with Gasteiger partial charge in [0.25, 0.3) is 0 Å². The number of carbonyl (C=O) groups is 2. The molecule has 76 valence electrons. The molecule has 0 bridgehead atoms. The molecule has 0 unspecified atom stereocenters. The van der Waals surface area contributed by atoms with E-state index in [1.807, 2.05) is 0 Å². The summed E-state index contributed by atoms with van der Waals surface area (Å²) in [5.74, 6) is -1.07. The molecule has 14 heavy (non-hydrogen) atoms. The van der Waals surface area contributed by atoms with Gasteiger partial charge in [0.05, 0.1) is 11.8 Å². The normalized spacial score (nSPS) is 25.1. The number of rotatable bonds is 3. The van der Waals surface area contributed by atoms with E-state index in [0.29, 0.717) is 12.1 Å². The fraction of sp³-hybridized carbons (Fsp3) is 0.500. The molecule has 0 saturated carbocycles. The topological polar surface area (TPSA) is 77.8 Å². The van der Waals surface area contributed by atoms with Crippen molar-refractivity contribution in [2.75, 3.05) is 6.61 Å². The molecule has 6 heteroatoms. The van der Waals surface area contributed by atoms with E-state index in [1.165, 1.54) is 16.7 Å². The van der Waals surface area contributed by atoms with Crippen LogP contribution in [-0.4, -0.2) is 39.0 Å². The molecule has 0 aromatic carbocycles. The molecule has 0 aromatic rings. The van der Waals surface area contributed by atoms with Gasteiger partial charge < -0.3 is 15.1 Å². The summed E-state index contributed by atoms with van der Waals surface area (Å²) in [6.07, 6.45) is 0.632. The number of aliphatic hydroxyl groups excluding tert-OH is 1. The Kier molecular flexibility index (Phi) is 2.24. The van der Waals surface area contributed by atoms with Gasteiger partial charge in [0.2, 0.25) is 5.91 Å². The lowest BCUT2D eigenvalue weighted by Gasteiger charge is -2.35. The number of carboxylic acids is 1. The minimum Gasteiger partial charge on any atom is -0.477 e. The van der Waals surface area contributed by atoms with Gasteiger partial charge in [-0.1, -0.05) is 11.8 Å². The summed E-state index contributed by atoms with van der Waals surface area (Å²) in [6, 6.07) is 0. The first-order chi connectivity index (χ1) is 6.65. The van der Waals surface area contributed by atoms with Crippen LogP contribution in [0.5, 0.6) is 0 Å². The Bertz CT molecular complexity index is 338. The Morgan fingerprint density at radius 3 is 2.86 bits per heavy atom. The lowest BCUT2D eigenvalue weighted by Crippen LogP contribution is -2.47. The SMILES string of the molecule is O=C(O)C1=C(CCO)N2C(=O)C[C@H]2S1. The van der Waals surface area contributed by atoms with Crippen LogP contribution in [-0.2, 0) is 9.59 Å². The third-order valence-electron chi connectivity index (χ3n) is 2.26. The second-order valence-corrected chi connectivity index (χ2v) is 4.28. The smallest absolute Gasteiger partial charge is 0.344 e. The zero-order chi connectivity index (χ0) is 10.3. The Morgan fingerprint density at radius 1 is 1.64 bits per heavy atom. The Hall–Kier alpha value is -1.01. The zero-order valence-electron chi connectivity index (χ0n) is 7.27. The van der Waals surface area contributed by atoms with Gasteiger partial charge in [-0.05, 0) is 0 Å². The predicted octanol–water partition coefficient (Wildman–Crippen LogP) is -0.0298. The molecule has 2 heterocycles. The first-order valence-electron chi connectivity index (χ1n) is 4.21. The van der Waals surface area contributed by atoms with Crippen LogP contribution < -0.4 is 0 Å². The number of hydrogen-bond donors (Lipinski definition) is 2. The first kappa shape index (κ1) is 9.54. The van der Waals surface area contributed by atoms with E-state index in [4.69, 9.17) is 10.2 Å². The quantitative estimate of drug-likeness (QED) is 0.646. The van der Waals surface area contributed by atoms with Crippen molar-refractivity contribution in [2.45, 2.75) is 18.2 Å². The third-order valence-corrected chi connectivity index (χ3v) is 3.55. The number of nitrogens with zero attached hydrogens (tertiary/aromatic N) is 1. The highest BCUT2D eigenvalue weighted by Gasteiger charge is 2.47. The van der Waals surface area contributed by atoms with Crippen LogP contribution in [0.4, 0.5) is 0 Å². The summed E-state index contributed by atoms with van der Waals surface area (Å²) in [5.41, 5.74) is 0.464. The van der Waals surface area contributed by atoms with Crippen LogP contribution in [0.25, 0.3) is 0 Å². The van der Waals surface area contributed by atoms with Crippen molar-refractivity contribution in [1.82, 2.24) is 4.90 Å². The minimum absolute atomic E-state index is 0.0462. The fourth-order valence-electron chi connectivity index (χ4n) is 1.63. The van der Waals surface area contributed by atoms with Crippen LogP contribution in [0.1, 0.15) is 12.8 Å². The maximum atomic E-state index is 11.2. The van der Waals surface area contributed by atoms with Gasteiger partial charge in [-0.3, -0.25) is 4.79 Å². The summed E-state index contributed by atoms with van der Waals surface area (Å²) in [7, 11) is 0. The molecule has 1 fully saturated rings. The zero-order valence-corrected chi connectivity index (χ0v) is 8.08.